The zero-order valence-electron chi connectivity index (χ0n) is 13.6. The van der Waals surface area contributed by atoms with Gasteiger partial charge in [-0.3, -0.25) is 4.79 Å². The average Bonchev–Trinajstić information content (AvgIpc) is 3.29. The lowest BCUT2D eigenvalue weighted by Gasteiger charge is -2.08. The standard InChI is InChI=1S/C18H18N2O5/c1-12(21)10-19-18(22)13-4-6-15(7-5-13)24-11-14-9-17(25-20-14)16-3-2-8-23-16/h2-9,12,21H,10-11H2,1H3,(H,19,22)/t12-/m0/s1. The van der Waals surface area contributed by atoms with Gasteiger partial charge in [0.15, 0.2) is 5.76 Å². The molecule has 0 fully saturated rings. The number of aromatic nitrogens is 1. The number of aliphatic hydroxyl groups is 1. The van der Waals surface area contributed by atoms with E-state index >= 15 is 0 Å². The topological polar surface area (TPSA) is 97.7 Å². The number of benzene rings is 1. The van der Waals surface area contributed by atoms with Crippen molar-refractivity contribution in [3.8, 4) is 17.3 Å². The largest absolute Gasteiger partial charge is 0.487 e. The number of carbonyl (C=O) groups excluding carboxylic acids is 1. The lowest BCUT2D eigenvalue weighted by Crippen LogP contribution is -2.30. The van der Waals surface area contributed by atoms with Crippen LogP contribution in [0.5, 0.6) is 5.75 Å². The monoisotopic (exact) mass is 342 g/mol. The van der Waals surface area contributed by atoms with E-state index in [-0.39, 0.29) is 19.1 Å². The highest BCUT2D eigenvalue weighted by atomic mass is 16.5. The van der Waals surface area contributed by atoms with E-state index in [0.717, 1.165) is 0 Å². The first kappa shape index (κ1) is 16.8. The number of aliphatic hydroxyl groups excluding tert-OH is 1. The third-order valence-electron chi connectivity index (χ3n) is 3.38. The summed E-state index contributed by atoms with van der Waals surface area (Å²) in [6.45, 7) is 2.05. The van der Waals surface area contributed by atoms with E-state index in [4.69, 9.17) is 13.7 Å². The normalized spacial score (nSPS) is 11.9. The SMILES string of the molecule is C[C@H](O)CNC(=O)c1ccc(OCc2cc(-c3ccco3)on2)cc1. The maximum absolute atomic E-state index is 11.9. The zero-order chi connectivity index (χ0) is 17.6. The maximum atomic E-state index is 11.9. The molecule has 1 aromatic carbocycles. The molecule has 0 radical (unpaired) electrons. The van der Waals surface area contributed by atoms with Crippen molar-refractivity contribution in [2.75, 3.05) is 6.54 Å². The molecule has 130 valence electrons. The molecule has 7 heteroatoms. The molecule has 0 unspecified atom stereocenters. The Bertz CT molecular complexity index is 806. The zero-order valence-corrected chi connectivity index (χ0v) is 13.6. The highest BCUT2D eigenvalue weighted by Crippen LogP contribution is 2.21. The van der Waals surface area contributed by atoms with Crippen molar-refractivity contribution in [2.45, 2.75) is 19.6 Å². The lowest BCUT2D eigenvalue weighted by atomic mass is 10.2. The van der Waals surface area contributed by atoms with E-state index in [2.05, 4.69) is 10.5 Å². The summed E-state index contributed by atoms with van der Waals surface area (Å²) < 4.78 is 16.1. The van der Waals surface area contributed by atoms with Crippen LogP contribution in [0.4, 0.5) is 0 Å². The number of carbonyl (C=O) groups is 1. The molecule has 0 saturated carbocycles. The first-order chi connectivity index (χ1) is 12.1. The second kappa shape index (κ2) is 7.67. The molecule has 2 aromatic heterocycles. The number of amides is 1. The molecule has 3 rings (SSSR count). The van der Waals surface area contributed by atoms with E-state index in [1.807, 2.05) is 0 Å². The van der Waals surface area contributed by atoms with Gasteiger partial charge >= 0.3 is 0 Å². The predicted octanol–water partition coefficient (Wildman–Crippen LogP) is 2.62. The van der Waals surface area contributed by atoms with Crippen LogP contribution in [0.15, 0.2) is 57.7 Å². The fraction of sp³-hybridized carbons (Fsp3) is 0.222. The minimum atomic E-state index is -0.583. The molecular formula is C18H18N2O5. The number of nitrogens with zero attached hydrogens (tertiary/aromatic N) is 1. The molecular weight excluding hydrogens is 324 g/mol. The van der Waals surface area contributed by atoms with Gasteiger partial charge in [0.05, 0.1) is 12.4 Å². The molecule has 2 N–H and O–H groups in total. The molecule has 0 aliphatic heterocycles. The Morgan fingerprint density at radius 3 is 2.76 bits per heavy atom. The Kier molecular flexibility index (Phi) is 5.15. The van der Waals surface area contributed by atoms with E-state index in [0.29, 0.717) is 28.5 Å². The molecule has 1 atom stereocenters. The average molecular weight is 342 g/mol. The van der Waals surface area contributed by atoms with Crippen LogP contribution >= 0.6 is 0 Å². The van der Waals surface area contributed by atoms with Gasteiger partial charge in [-0.1, -0.05) is 5.16 Å². The highest BCUT2D eigenvalue weighted by Gasteiger charge is 2.10. The summed E-state index contributed by atoms with van der Waals surface area (Å²) in [6.07, 6.45) is 0.979. The van der Waals surface area contributed by atoms with Gasteiger partial charge in [-0.2, -0.15) is 0 Å². The number of hydrogen-bond donors (Lipinski definition) is 2. The predicted molar refractivity (Wildman–Crippen MR) is 89.0 cm³/mol. The van der Waals surface area contributed by atoms with Crippen molar-refractivity contribution < 1.29 is 23.6 Å². The number of ether oxygens (including phenoxy) is 1. The van der Waals surface area contributed by atoms with Crippen LogP contribution in [0.3, 0.4) is 0 Å². The van der Waals surface area contributed by atoms with Crippen LogP contribution in [0.25, 0.3) is 11.5 Å². The minimum absolute atomic E-state index is 0.210. The number of rotatable bonds is 7. The summed E-state index contributed by atoms with van der Waals surface area (Å²) >= 11 is 0. The first-order valence-corrected chi connectivity index (χ1v) is 7.80. The fourth-order valence-electron chi connectivity index (χ4n) is 2.12. The van der Waals surface area contributed by atoms with Gasteiger partial charge < -0.3 is 24.1 Å². The molecule has 1 amide bonds. The second-order valence-corrected chi connectivity index (χ2v) is 5.53. The van der Waals surface area contributed by atoms with Crippen molar-refractivity contribution in [3.63, 3.8) is 0 Å². The summed E-state index contributed by atoms with van der Waals surface area (Å²) in [5.74, 6) is 1.50. The van der Waals surface area contributed by atoms with Crippen molar-refractivity contribution >= 4 is 5.91 Å². The van der Waals surface area contributed by atoms with Crippen molar-refractivity contribution in [1.29, 1.82) is 0 Å². The van der Waals surface area contributed by atoms with Gasteiger partial charge in [-0.25, -0.2) is 0 Å². The van der Waals surface area contributed by atoms with Gasteiger partial charge in [0.1, 0.15) is 18.1 Å². The molecule has 0 bridgehead atoms. The molecule has 3 aromatic rings. The second-order valence-electron chi connectivity index (χ2n) is 5.53. The summed E-state index contributed by atoms with van der Waals surface area (Å²) in [6, 6.07) is 12.0. The van der Waals surface area contributed by atoms with E-state index in [1.54, 1.807) is 55.7 Å². The molecule has 2 heterocycles. The van der Waals surface area contributed by atoms with Crippen LogP contribution in [0, 0.1) is 0 Å². The summed E-state index contributed by atoms with van der Waals surface area (Å²) in [5.41, 5.74) is 1.12. The van der Waals surface area contributed by atoms with E-state index in [9.17, 15) is 9.90 Å². The van der Waals surface area contributed by atoms with Gasteiger partial charge in [-0.15, -0.1) is 0 Å². The molecule has 0 aliphatic carbocycles. The smallest absolute Gasteiger partial charge is 0.251 e. The Morgan fingerprint density at radius 2 is 2.08 bits per heavy atom. The van der Waals surface area contributed by atoms with Gasteiger partial charge in [-0.05, 0) is 43.3 Å². The van der Waals surface area contributed by atoms with Gasteiger partial charge in [0.2, 0.25) is 5.76 Å². The fourth-order valence-corrected chi connectivity index (χ4v) is 2.12. The Hall–Kier alpha value is -3.06. The Balaban J connectivity index is 1.54. The molecule has 0 saturated heterocycles. The Labute approximate surface area is 144 Å². The molecule has 0 aliphatic rings. The minimum Gasteiger partial charge on any atom is -0.487 e. The summed E-state index contributed by atoms with van der Waals surface area (Å²) in [7, 11) is 0. The maximum Gasteiger partial charge on any atom is 0.251 e. The van der Waals surface area contributed by atoms with Crippen LogP contribution in [-0.2, 0) is 6.61 Å². The van der Waals surface area contributed by atoms with Crippen molar-refractivity contribution in [2.24, 2.45) is 0 Å². The molecule has 7 nitrogen and oxygen atoms in total. The third kappa shape index (κ3) is 4.48. The number of nitrogens with one attached hydrogen (secondary N) is 1. The quantitative estimate of drug-likeness (QED) is 0.685. The molecule has 0 spiro atoms. The number of hydrogen-bond acceptors (Lipinski definition) is 6. The van der Waals surface area contributed by atoms with Gasteiger partial charge in [0, 0.05) is 18.2 Å². The summed E-state index contributed by atoms with van der Waals surface area (Å²) in [5, 5.41) is 15.7. The number of furan rings is 1. The van der Waals surface area contributed by atoms with E-state index in [1.165, 1.54) is 0 Å². The van der Waals surface area contributed by atoms with Crippen LogP contribution in [0.2, 0.25) is 0 Å². The highest BCUT2D eigenvalue weighted by molar-refractivity contribution is 5.94. The first-order valence-electron chi connectivity index (χ1n) is 7.80. The van der Waals surface area contributed by atoms with Crippen LogP contribution < -0.4 is 10.1 Å². The van der Waals surface area contributed by atoms with Crippen molar-refractivity contribution in [3.05, 3.63) is 60.0 Å². The third-order valence-corrected chi connectivity index (χ3v) is 3.38. The van der Waals surface area contributed by atoms with Crippen molar-refractivity contribution in [1.82, 2.24) is 10.5 Å². The Morgan fingerprint density at radius 1 is 1.28 bits per heavy atom. The van der Waals surface area contributed by atoms with Gasteiger partial charge in [0.25, 0.3) is 5.91 Å². The van der Waals surface area contributed by atoms with Crippen LogP contribution in [0.1, 0.15) is 23.0 Å². The van der Waals surface area contributed by atoms with Crippen LogP contribution in [-0.4, -0.2) is 28.8 Å². The summed E-state index contributed by atoms with van der Waals surface area (Å²) in [4.78, 5) is 11.9. The lowest BCUT2D eigenvalue weighted by molar-refractivity contribution is 0.0924. The molecule has 25 heavy (non-hydrogen) atoms. The van der Waals surface area contributed by atoms with E-state index < -0.39 is 6.10 Å².